The molecule has 1 aromatic carbocycles. The number of ether oxygens (including phenoxy) is 1. The molecule has 1 aromatic rings. The fraction of sp³-hybridized carbons (Fsp3) is 0.526. The first kappa shape index (κ1) is 20.5. The molecule has 28 heavy (non-hydrogen) atoms. The topological polar surface area (TPSA) is 87.1 Å². The van der Waals surface area contributed by atoms with Gasteiger partial charge in [-0.25, -0.2) is 4.79 Å². The Balaban J connectivity index is 1.51. The summed E-state index contributed by atoms with van der Waals surface area (Å²) < 4.78 is 5.35. The summed E-state index contributed by atoms with van der Waals surface area (Å²) in [7, 11) is 0. The Hall–Kier alpha value is -2.23. The number of hydrogen-bond acceptors (Lipinski definition) is 4. The molecule has 9 heteroatoms. The largest absolute Gasteiger partial charge is 0.370 e. The smallest absolute Gasteiger partial charge is 0.344 e. The lowest BCUT2D eigenvalue weighted by Crippen LogP contribution is -3.14. The van der Waals surface area contributed by atoms with Gasteiger partial charge in [-0.15, -0.1) is 0 Å². The van der Waals surface area contributed by atoms with Crippen LogP contribution in [0.15, 0.2) is 30.3 Å². The number of imide groups is 1. The van der Waals surface area contributed by atoms with E-state index >= 15 is 0 Å². The van der Waals surface area contributed by atoms with Crippen molar-refractivity contribution in [3.8, 4) is 0 Å². The number of thiocarbonyl (C=S) groups is 1. The monoisotopic (exact) mass is 406 g/mol. The number of hydrogen-bond donors (Lipinski definition) is 4. The van der Waals surface area contributed by atoms with Crippen LogP contribution in [-0.2, 0) is 15.1 Å². The Bertz CT molecular complexity index is 711. The van der Waals surface area contributed by atoms with Crippen LogP contribution in [0.25, 0.3) is 0 Å². The highest BCUT2D eigenvalue weighted by molar-refractivity contribution is 7.80. The molecule has 1 atom stereocenters. The highest BCUT2D eigenvalue weighted by Gasteiger charge is 2.51. The van der Waals surface area contributed by atoms with Crippen LogP contribution in [0, 0.1) is 0 Å². The standard InChI is InChI=1S/C19H27N5O3S/c1-2-19(15-7-4-3-5-8-15)16(25)24(18(26)21-19)22-17(28)20-9-6-10-23-11-13-27-14-12-23/h3-5,7-8H,2,6,9-14H2,1H3,(H,21,26)(H2,20,22,28)/p+1/t19-/m1/s1. The quantitative estimate of drug-likeness (QED) is 0.278. The predicted molar refractivity (Wildman–Crippen MR) is 109 cm³/mol. The van der Waals surface area contributed by atoms with E-state index in [1.54, 1.807) is 0 Å². The lowest BCUT2D eigenvalue weighted by atomic mass is 9.87. The molecule has 0 aromatic heterocycles. The first-order chi connectivity index (χ1) is 13.6. The van der Waals surface area contributed by atoms with Crippen LogP contribution in [0.3, 0.4) is 0 Å². The Kier molecular flexibility index (Phi) is 6.82. The molecule has 2 fully saturated rings. The van der Waals surface area contributed by atoms with Gasteiger partial charge in [0.1, 0.15) is 18.6 Å². The summed E-state index contributed by atoms with van der Waals surface area (Å²) in [4.78, 5) is 27.0. The first-order valence-corrected chi connectivity index (χ1v) is 10.2. The number of quaternary nitrogens is 1. The molecule has 0 saturated carbocycles. The zero-order valence-corrected chi connectivity index (χ0v) is 16.9. The van der Waals surface area contributed by atoms with E-state index in [0.29, 0.717) is 13.0 Å². The number of benzene rings is 1. The van der Waals surface area contributed by atoms with Gasteiger partial charge in [0.15, 0.2) is 5.11 Å². The van der Waals surface area contributed by atoms with Crippen LogP contribution in [-0.4, -0.2) is 61.5 Å². The number of morpholine rings is 1. The van der Waals surface area contributed by atoms with Crippen molar-refractivity contribution in [2.24, 2.45) is 0 Å². The van der Waals surface area contributed by atoms with Gasteiger partial charge in [0.25, 0.3) is 5.91 Å². The van der Waals surface area contributed by atoms with Crippen molar-refractivity contribution in [3.63, 3.8) is 0 Å². The van der Waals surface area contributed by atoms with Crippen molar-refractivity contribution in [1.29, 1.82) is 0 Å². The summed E-state index contributed by atoms with van der Waals surface area (Å²) in [5.74, 6) is -0.354. The summed E-state index contributed by atoms with van der Waals surface area (Å²) in [5.41, 5.74) is 2.43. The predicted octanol–water partition coefficient (Wildman–Crippen LogP) is -0.472. The molecular weight excluding hydrogens is 378 g/mol. The van der Waals surface area contributed by atoms with Crippen molar-refractivity contribution in [3.05, 3.63) is 35.9 Å². The molecule has 2 heterocycles. The third kappa shape index (κ3) is 4.43. The second kappa shape index (κ2) is 9.31. The molecule has 0 aliphatic carbocycles. The summed E-state index contributed by atoms with van der Waals surface area (Å²) >= 11 is 5.27. The molecule has 3 amide bonds. The Morgan fingerprint density at radius 1 is 1.29 bits per heavy atom. The molecular formula is C19H28N5O3S+. The molecule has 0 spiro atoms. The van der Waals surface area contributed by atoms with Crippen LogP contribution < -0.4 is 21.0 Å². The molecule has 0 radical (unpaired) electrons. The highest BCUT2D eigenvalue weighted by Crippen LogP contribution is 2.31. The molecule has 0 bridgehead atoms. The van der Waals surface area contributed by atoms with Crippen LogP contribution in [0.2, 0.25) is 0 Å². The van der Waals surface area contributed by atoms with Gasteiger partial charge in [0.2, 0.25) is 0 Å². The van der Waals surface area contributed by atoms with Crippen molar-refractivity contribution in [2.45, 2.75) is 25.3 Å². The SMILES string of the molecule is CC[C@]1(c2ccccc2)NC(=O)N(NC(=S)NCCC[NH+]2CCOCC2)C1=O. The van der Waals surface area contributed by atoms with Crippen molar-refractivity contribution in [1.82, 2.24) is 21.1 Å². The van der Waals surface area contributed by atoms with E-state index in [9.17, 15) is 9.59 Å². The van der Waals surface area contributed by atoms with Gasteiger partial charge < -0.3 is 20.3 Å². The van der Waals surface area contributed by atoms with E-state index in [2.05, 4.69) is 16.1 Å². The third-order valence-corrected chi connectivity index (χ3v) is 5.53. The maximum atomic E-state index is 13.0. The van der Waals surface area contributed by atoms with Crippen molar-refractivity contribution < 1.29 is 19.2 Å². The van der Waals surface area contributed by atoms with Crippen LogP contribution in [0.5, 0.6) is 0 Å². The molecule has 3 rings (SSSR count). The maximum Gasteiger partial charge on any atom is 0.344 e. The van der Waals surface area contributed by atoms with Gasteiger partial charge in [-0.2, -0.15) is 5.01 Å². The zero-order valence-electron chi connectivity index (χ0n) is 16.1. The number of urea groups is 1. The van der Waals surface area contributed by atoms with E-state index in [-0.39, 0.29) is 11.0 Å². The van der Waals surface area contributed by atoms with E-state index in [1.807, 2.05) is 37.3 Å². The highest BCUT2D eigenvalue weighted by atomic mass is 32.1. The van der Waals surface area contributed by atoms with E-state index in [0.717, 1.165) is 49.8 Å². The van der Waals surface area contributed by atoms with Gasteiger partial charge >= 0.3 is 6.03 Å². The Morgan fingerprint density at radius 3 is 2.68 bits per heavy atom. The minimum Gasteiger partial charge on any atom is -0.370 e. The average molecular weight is 407 g/mol. The first-order valence-electron chi connectivity index (χ1n) is 9.75. The zero-order chi connectivity index (χ0) is 20.0. The fourth-order valence-electron chi connectivity index (χ4n) is 3.63. The van der Waals surface area contributed by atoms with E-state index in [1.165, 1.54) is 4.90 Å². The van der Waals surface area contributed by atoms with Gasteiger partial charge in [-0.1, -0.05) is 37.3 Å². The van der Waals surface area contributed by atoms with Crippen LogP contribution in [0.4, 0.5) is 4.79 Å². The maximum absolute atomic E-state index is 13.0. The van der Waals surface area contributed by atoms with Crippen LogP contribution >= 0.6 is 12.2 Å². The second-order valence-electron chi connectivity index (χ2n) is 7.03. The van der Waals surface area contributed by atoms with Crippen LogP contribution in [0.1, 0.15) is 25.3 Å². The lowest BCUT2D eigenvalue weighted by Gasteiger charge is -2.26. The van der Waals surface area contributed by atoms with Gasteiger partial charge in [-0.3, -0.25) is 10.2 Å². The minimum atomic E-state index is -1.07. The Morgan fingerprint density at radius 2 is 2.00 bits per heavy atom. The second-order valence-corrected chi connectivity index (χ2v) is 7.44. The number of carbonyl (C=O) groups excluding carboxylic acids is 2. The van der Waals surface area contributed by atoms with E-state index < -0.39 is 11.6 Å². The minimum absolute atomic E-state index is 0.264. The number of carbonyl (C=O) groups is 2. The van der Waals surface area contributed by atoms with Gasteiger partial charge in [0, 0.05) is 13.0 Å². The lowest BCUT2D eigenvalue weighted by molar-refractivity contribution is -0.908. The summed E-state index contributed by atoms with van der Waals surface area (Å²) in [6.07, 6.45) is 1.39. The summed E-state index contributed by atoms with van der Waals surface area (Å²) in [6, 6.07) is 8.76. The molecule has 2 aliphatic heterocycles. The number of nitrogens with one attached hydrogen (secondary N) is 4. The number of rotatable bonds is 7. The van der Waals surface area contributed by atoms with Gasteiger partial charge in [-0.05, 0) is 24.2 Å². The summed E-state index contributed by atoms with van der Waals surface area (Å²) in [5, 5.41) is 7.13. The van der Waals surface area contributed by atoms with E-state index in [4.69, 9.17) is 17.0 Å². The molecule has 8 nitrogen and oxygen atoms in total. The van der Waals surface area contributed by atoms with Crippen molar-refractivity contribution >= 4 is 29.3 Å². The molecule has 2 aliphatic rings. The number of hydrazine groups is 1. The number of nitrogens with zero attached hydrogens (tertiary/aromatic N) is 1. The molecule has 2 saturated heterocycles. The number of amides is 3. The molecule has 4 N–H and O–H groups in total. The van der Waals surface area contributed by atoms with Gasteiger partial charge in [0.05, 0.1) is 19.8 Å². The average Bonchev–Trinajstić information content (AvgIpc) is 2.98. The van der Waals surface area contributed by atoms with Crippen molar-refractivity contribution in [2.75, 3.05) is 39.4 Å². The third-order valence-electron chi connectivity index (χ3n) is 5.29. The normalized spacial score (nSPS) is 22.8. The molecule has 0 unspecified atom stereocenters. The fourth-order valence-corrected chi connectivity index (χ4v) is 3.82. The Labute approximate surface area is 170 Å². The summed E-state index contributed by atoms with van der Waals surface area (Å²) in [6.45, 7) is 7.28. The molecule has 152 valence electrons.